The smallest absolute Gasteiger partial charge is 0.129 e. The van der Waals surface area contributed by atoms with E-state index in [2.05, 4.69) is 10.3 Å². The monoisotopic (exact) mass is 277 g/mol. The van der Waals surface area contributed by atoms with Gasteiger partial charge in [0.05, 0.1) is 17.1 Å². The van der Waals surface area contributed by atoms with Crippen molar-refractivity contribution in [3.63, 3.8) is 0 Å². The van der Waals surface area contributed by atoms with Gasteiger partial charge in [0, 0.05) is 17.5 Å². The van der Waals surface area contributed by atoms with E-state index < -0.39 is 0 Å². The van der Waals surface area contributed by atoms with Crippen molar-refractivity contribution in [2.24, 2.45) is 0 Å². The molecule has 3 rings (SSSR count). The number of nitriles is 1. The third-order valence-electron chi connectivity index (χ3n) is 3.24. The molecule has 0 amide bonds. The minimum atomic E-state index is -0.387. The predicted octanol–water partition coefficient (Wildman–Crippen LogP) is 3.86. The summed E-state index contributed by atoms with van der Waals surface area (Å²) in [5.41, 5.74) is 1.71. The van der Waals surface area contributed by atoms with Gasteiger partial charge in [-0.25, -0.2) is 9.37 Å². The molecule has 3 nitrogen and oxygen atoms in total. The van der Waals surface area contributed by atoms with Gasteiger partial charge in [-0.3, -0.25) is 0 Å². The lowest BCUT2D eigenvalue weighted by Gasteiger charge is -2.08. The van der Waals surface area contributed by atoms with Crippen LogP contribution in [-0.4, -0.2) is 4.98 Å². The number of nitrogens with zero attached hydrogens (tertiary/aromatic N) is 2. The number of hydrogen-bond donors (Lipinski definition) is 1. The number of pyridine rings is 1. The van der Waals surface area contributed by atoms with Crippen LogP contribution in [0.1, 0.15) is 11.1 Å². The van der Waals surface area contributed by atoms with Gasteiger partial charge >= 0.3 is 0 Å². The molecule has 1 N–H and O–H groups in total. The van der Waals surface area contributed by atoms with Gasteiger partial charge in [0.1, 0.15) is 11.6 Å². The molecule has 0 saturated heterocycles. The van der Waals surface area contributed by atoms with Crippen molar-refractivity contribution in [1.29, 1.82) is 5.26 Å². The maximum atomic E-state index is 13.8. The Bertz CT molecular complexity index is 837. The first-order chi connectivity index (χ1) is 10.3. The first-order valence-electron chi connectivity index (χ1n) is 6.54. The van der Waals surface area contributed by atoms with Crippen LogP contribution >= 0.6 is 0 Å². The maximum absolute atomic E-state index is 13.8. The Morgan fingerprint density at radius 2 is 1.95 bits per heavy atom. The number of benzene rings is 2. The molecule has 21 heavy (non-hydrogen) atoms. The van der Waals surface area contributed by atoms with Gasteiger partial charge in [-0.05, 0) is 30.3 Å². The summed E-state index contributed by atoms with van der Waals surface area (Å²) in [4.78, 5) is 4.47. The lowest BCUT2D eigenvalue weighted by Crippen LogP contribution is -2.03. The molecule has 2 aromatic carbocycles. The number of nitrogens with one attached hydrogen (secondary N) is 1. The summed E-state index contributed by atoms with van der Waals surface area (Å²) in [5, 5.41) is 12.9. The van der Waals surface area contributed by atoms with E-state index in [0.717, 1.165) is 10.9 Å². The summed E-state index contributed by atoms with van der Waals surface area (Å²) in [6, 6.07) is 18.0. The van der Waals surface area contributed by atoms with Gasteiger partial charge in [0.2, 0.25) is 0 Å². The second kappa shape index (κ2) is 5.59. The molecule has 4 heteroatoms. The van der Waals surface area contributed by atoms with Gasteiger partial charge in [-0.1, -0.05) is 24.3 Å². The number of anilines is 1. The highest BCUT2D eigenvalue weighted by Crippen LogP contribution is 2.16. The molecule has 0 atom stereocenters. The molecule has 0 aliphatic carbocycles. The molecule has 0 spiro atoms. The Morgan fingerprint density at radius 1 is 1.10 bits per heavy atom. The Morgan fingerprint density at radius 3 is 2.76 bits per heavy atom. The van der Waals surface area contributed by atoms with Crippen LogP contribution in [0.15, 0.2) is 54.6 Å². The molecule has 0 saturated carbocycles. The van der Waals surface area contributed by atoms with Crippen molar-refractivity contribution in [1.82, 2.24) is 4.98 Å². The normalized spacial score (nSPS) is 10.3. The fourth-order valence-electron chi connectivity index (χ4n) is 2.11. The summed E-state index contributed by atoms with van der Waals surface area (Å²) in [5.74, 6) is 0.305. The SMILES string of the molecule is N#Cc1ccc(CNc2ccc3ccccc3n2)c(F)c1. The van der Waals surface area contributed by atoms with Crippen molar-refractivity contribution in [3.05, 3.63) is 71.5 Å². The molecule has 0 fully saturated rings. The highest BCUT2D eigenvalue weighted by molar-refractivity contribution is 5.80. The number of hydrogen-bond acceptors (Lipinski definition) is 3. The second-order valence-electron chi connectivity index (χ2n) is 4.66. The molecular weight excluding hydrogens is 265 g/mol. The first-order valence-corrected chi connectivity index (χ1v) is 6.54. The van der Waals surface area contributed by atoms with E-state index in [4.69, 9.17) is 5.26 Å². The van der Waals surface area contributed by atoms with E-state index >= 15 is 0 Å². The number of aromatic nitrogens is 1. The van der Waals surface area contributed by atoms with Crippen LogP contribution in [0.25, 0.3) is 10.9 Å². The minimum Gasteiger partial charge on any atom is -0.366 e. The second-order valence-corrected chi connectivity index (χ2v) is 4.66. The fourth-order valence-corrected chi connectivity index (χ4v) is 2.11. The molecular formula is C17H12FN3. The molecule has 102 valence electrons. The van der Waals surface area contributed by atoms with Crippen molar-refractivity contribution < 1.29 is 4.39 Å². The zero-order chi connectivity index (χ0) is 14.7. The van der Waals surface area contributed by atoms with Crippen LogP contribution in [-0.2, 0) is 6.54 Å². The lowest BCUT2D eigenvalue weighted by atomic mass is 10.1. The molecule has 3 aromatic rings. The Hall–Kier alpha value is -2.93. The molecule has 0 bridgehead atoms. The summed E-state index contributed by atoms with van der Waals surface area (Å²) >= 11 is 0. The average Bonchev–Trinajstić information content (AvgIpc) is 2.53. The largest absolute Gasteiger partial charge is 0.366 e. The van der Waals surface area contributed by atoms with Crippen LogP contribution in [0, 0.1) is 17.1 Å². The standard InChI is InChI=1S/C17H12FN3/c18-15-9-12(10-19)5-6-14(15)11-20-17-8-7-13-3-1-2-4-16(13)21-17/h1-9H,11H2,(H,20,21). The highest BCUT2D eigenvalue weighted by atomic mass is 19.1. The quantitative estimate of drug-likeness (QED) is 0.791. The number of halogens is 1. The van der Waals surface area contributed by atoms with Gasteiger partial charge < -0.3 is 5.32 Å². The Kier molecular flexibility index (Phi) is 3.48. The van der Waals surface area contributed by atoms with E-state index in [9.17, 15) is 4.39 Å². The third kappa shape index (κ3) is 2.82. The molecule has 1 aromatic heterocycles. The predicted molar refractivity (Wildman–Crippen MR) is 80.2 cm³/mol. The zero-order valence-electron chi connectivity index (χ0n) is 11.2. The van der Waals surface area contributed by atoms with E-state index in [-0.39, 0.29) is 5.82 Å². The van der Waals surface area contributed by atoms with Gasteiger partial charge in [-0.15, -0.1) is 0 Å². The molecule has 0 radical (unpaired) electrons. The topological polar surface area (TPSA) is 48.7 Å². The number of para-hydroxylation sites is 1. The molecule has 1 heterocycles. The summed E-state index contributed by atoms with van der Waals surface area (Å²) in [6.07, 6.45) is 0. The first kappa shape index (κ1) is 13.1. The van der Waals surface area contributed by atoms with E-state index in [0.29, 0.717) is 23.5 Å². The van der Waals surface area contributed by atoms with Crippen molar-refractivity contribution >= 4 is 16.7 Å². The van der Waals surface area contributed by atoms with Gasteiger partial charge in [0.25, 0.3) is 0 Å². The van der Waals surface area contributed by atoms with Crippen LogP contribution in [0.5, 0.6) is 0 Å². The van der Waals surface area contributed by atoms with E-state index in [1.807, 2.05) is 42.5 Å². The van der Waals surface area contributed by atoms with Crippen molar-refractivity contribution in [2.75, 3.05) is 5.32 Å². The Balaban J connectivity index is 1.78. The maximum Gasteiger partial charge on any atom is 0.129 e. The minimum absolute atomic E-state index is 0.320. The fraction of sp³-hybridized carbons (Fsp3) is 0.0588. The Labute approximate surface area is 121 Å². The van der Waals surface area contributed by atoms with Crippen LogP contribution in [0.4, 0.5) is 10.2 Å². The molecule has 0 aliphatic rings. The van der Waals surface area contributed by atoms with E-state index in [1.54, 1.807) is 12.1 Å². The summed E-state index contributed by atoms with van der Waals surface area (Å²) < 4.78 is 13.8. The number of fused-ring (bicyclic) bond motifs is 1. The van der Waals surface area contributed by atoms with Crippen LogP contribution < -0.4 is 5.32 Å². The van der Waals surface area contributed by atoms with Crippen molar-refractivity contribution in [3.8, 4) is 6.07 Å². The summed E-state index contributed by atoms with van der Waals surface area (Å²) in [7, 11) is 0. The number of rotatable bonds is 3. The van der Waals surface area contributed by atoms with Crippen LogP contribution in [0.3, 0.4) is 0 Å². The zero-order valence-corrected chi connectivity index (χ0v) is 11.2. The van der Waals surface area contributed by atoms with E-state index in [1.165, 1.54) is 6.07 Å². The van der Waals surface area contributed by atoms with Crippen LogP contribution in [0.2, 0.25) is 0 Å². The average molecular weight is 277 g/mol. The molecule has 0 unspecified atom stereocenters. The van der Waals surface area contributed by atoms with Gasteiger partial charge in [0.15, 0.2) is 0 Å². The third-order valence-corrected chi connectivity index (χ3v) is 3.24. The molecule has 0 aliphatic heterocycles. The highest BCUT2D eigenvalue weighted by Gasteiger charge is 2.04. The van der Waals surface area contributed by atoms with Crippen molar-refractivity contribution in [2.45, 2.75) is 6.54 Å². The van der Waals surface area contributed by atoms with Gasteiger partial charge in [-0.2, -0.15) is 5.26 Å². The lowest BCUT2D eigenvalue weighted by molar-refractivity contribution is 0.612. The summed E-state index contributed by atoms with van der Waals surface area (Å²) in [6.45, 7) is 0.322.